The van der Waals surface area contributed by atoms with Crippen molar-refractivity contribution in [3.63, 3.8) is 0 Å². The molecule has 0 aliphatic carbocycles. The van der Waals surface area contributed by atoms with E-state index < -0.39 is 6.04 Å². The van der Waals surface area contributed by atoms with Gasteiger partial charge in [0.25, 0.3) is 5.91 Å². The van der Waals surface area contributed by atoms with Gasteiger partial charge in [0.1, 0.15) is 11.8 Å². The van der Waals surface area contributed by atoms with E-state index in [-0.39, 0.29) is 11.8 Å². The number of rotatable bonds is 5. The number of carbonyl (C=O) groups is 2. The lowest BCUT2D eigenvalue weighted by molar-refractivity contribution is -0.125. The summed E-state index contributed by atoms with van der Waals surface area (Å²) in [7, 11) is 1.63. The Balaban J connectivity index is 1.67. The summed E-state index contributed by atoms with van der Waals surface area (Å²) < 4.78 is 5.41. The molecule has 0 radical (unpaired) electrons. The van der Waals surface area contributed by atoms with Gasteiger partial charge in [-0.15, -0.1) is 11.3 Å². The molecule has 0 saturated carbocycles. The van der Waals surface area contributed by atoms with Crippen LogP contribution in [-0.2, 0) is 11.3 Å². The minimum atomic E-state index is -0.419. The first-order chi connectivity index (χ1) is 12.5. The molecule has 3 heterocycles. The molecule has 1 aliphatic heterocycles. The summed E-state index contributed by atoms with van der Waals surface area (Å²) in [5, 5.41) is 4.81. The molecule has 1 fully saturated rings. The Morgan fingerprint density at radius 3 is 2.92 bits per heavy atom. The first-order valence-electron chi connectivity index (χ1n) is 8.64. The molecule has 0 spiro atoms. The minimum Gasteiger partial charge on any atom is -0.496 e. The van der Waals surface area contributed by atoms with Crippen molar-refractivity contribution in [1.82, 2.24) is 15.2 Å². The SMILES string of the molecule is COc1c(C)cnc(CNC(=O)[C@@H]2CCCN2C(=O)c2cccs2)c1C. The predicted octanol–water partition coefficient (Wildman–Crippen LogP) is 2.69. The number of nitrogens with zero attached hydrogens (tertiary/aromatic N) is 2. The molecule has 2 aromatic heterocycles. The quantitative estimate of drug-likeness (QED) is 0.875. The lowest BCUT2D eigenvalue weighted by Crippen LogP contribution is -2.45. The average Bonchev–Trinajstić information content (AvgIpc) is 3.32. The van der Waals surface area contributed by atoms with E-state index >= 15 is 0 Å². The third kappa shape index (κ3) is 3.58. The fourth-order valence-corrected chi connectivity index (χ4v) is 4.04. The second-order valence-corrected chi connectivity index (χ2v) is 7.35. The van der Waals surface area contributed by atoms with Crippen molar-refractivity contribution in [2.24, 2.45) is 0 Å². The number of aromatic nitrogens is 1. The second-order valence-electron chi connectivity index (χ2n) is 6.40. The molecule has 0 unspecified atom stereocenters. The van der Waals surface area contributed by atoms with Crippen LogP contribution < -0.4 is 10.1 Å². The van der Waals surface area contributed by atoms with E-state index in [4.69, 9.17) is 4.74 Å². The van der Waals surface area contributed by atoms with Crippen LogP contribution in [0.1, 0.15) is 39.3 Å². The van der Waals surface area contributed by atoms with Gasteiger partial charge in [0.2, 0.25) is 5.91 Å². The van der Waals surface area contributed by atoms with Gasteiger partial charge >= 0.3 is 0 Å². The maximum Gasteiger partial charge on any atom is 0.264 e. The lowest BCUT2D eigenvalue weighted by Gasteiger charge is -2.23. The molecule has 2 aromatic rings. The van der Waals surface area contributed by atoms with Crippen LogP contribution >= 0.6 is 11.3 Å². The molecule has 6 nitrogen and oxygen atoms in total. The van der Waals surface area contributed by atoms with Gasteiger partial charge in [-0.3, -0.25) is 14.6 Å². The molecular weight excluding hydrogens is 350 g/mol. The number of aryl methyl sites for hydroxylation is 1. The van der Waals surface area contributed by atoms with E-state index in [2.05, 4.69) is 10.3 Å². The molecule has 1 atom stereocenters. The summed E-state index contributed by atoms with van der Waals surface area (Å²) in [5.41, 5.74) is 2.66. The summed E-state index contributed by atoms with van der Waals surface area (Å²) >= 11 is 1.40. The number of amides is 2. The summed E-state index contributed by atoms with van der Waals surface area (Å²) in [6.45, 7) is 4.81. The van der Waals surface area contributed by atoms with E-state index in [0.29, 0.717) is 24.4 Å². The Hall–Kier alpha value is -2.41. The molecule has 138 valence electrons. The average molecular weight is 373 g/mol. The molecule has 0 aromatic carbocycles. The molecule has 26 heavy (non-hydrogen) atoms. The number of hydrogen-bond donors (Lipinski definition) is 1. The maximum absolute atomic E-state index is 12.7. The molecule has 3 rings (SSSR count). The van der Waals surface area contributed by atoms with Gasteiger partial charge in [-0.1, -0.05) is 6.07 Å². The maximum atomic E-state index is 12.7. The van der Waals surface area contributed by atoms with Gasteiger partial charge in [-0.2, -0.15) is 0 Å². The van der Waals surface area contributed by atoms with Crippen molar-refractivity contribution in [3.8, 4) is 5.75 Å². The van der Waals surface area contributed by atoms with Crippen LogP contribution in [-0.4, -0.2) is 41.4 Å². The number of likely N-dealkylation sites (tertiary alicyclic amines) is 1. The third-order valence-corrected chi connectivity index (χ3v) is 5.59. The highest BCUT2D eigenvalue weighted by Gasteiger charge is 2.34. The summed E-state index contributed by atoms with van der Waals surface area (Å²) in [6.07, 6.45) is 3.27. The van der Waals surface area contributed by atoms with Crippen molar-refractivity contribution >= 4 is 23.2 Å². The molecule has 0 bridgehead atoms. The Morgan fingerprint density at radius 2 is 2.23 bits per heavy atom. The standard InChI is InChI=1S/C19H23N3O3S/c1-12-10-20-14(13(2)17(12)25-3)11-21-18(23)15-6-4-8-22(15)19(24)16-7-5-9-26-16/h5,7,9-10,15H,4,6,8,11H2,1-3H3,(H,21,23)/t15-/m0/s1. The van der Waals surface area contributed by atoms with E-state index in [1.165, 1.54) is 11.3 Å². The van der Waals surface area contributed by atoms with Gasteiger partial charge in [-0.05, 0) is 38.1 Å². The molecule has 7 heteroatoms. The molecule has 1 saturated heterocycles. The van der Waals surface area contributed by atoms with Crippen molar-refractivity contribution in [2.75, 3.05) is 13.7 Å². The van der Waals surface area contributed by atoms with E-state index in [9.17, 15) is 9.59 Å². The van der Waals surface area contributed by atoms with E-state index in [0.717, 1.165) is 29.0 Å². The van der Waals surface area contributed by atoms with Crippen LogP contribution in [0.2, 0.25) is 0 Å². The Bertz CT molecular complexity index is 805. The Kier molecular flexibility index (Phi) is 5.56. The molecule has 1 N–H and O–H groups in total. The summed E-state index contributed by atoms with van der Waals surface area (Å²) in [4.78, 5) is 32.0. The van der Waals surface area contributed by atoms with Gasteiger partial charge < -0.3 is 15.0 Å². The zero-order valence-electron chi connectivity index (χ0n) is 15.2. The highest BCUT2D eigenvalue weighted by molar-refractivity contribution is 7.12. The third-order valence-electron chi connectivity index (χ3n) is 4.73. The topological polar surface area (TPSA) is 71.5 Å². The van der Waals surface area contributed by atoms with Gasteiger partial charge in [0.05, 0.1) is 24.2 Å². The fourth-order valence-electron chi connectivity index (χ4n) is 3.36. The van der Waals surface area contributed by atoms with Crippen molar-refractivity contribution < 1.29 is 14.3 Å². The molecular formula is C19H23N3O3S. The summed E-state index contributed by atoms with van der Waals surface area (Å²) in [5.74, 6) is 0.594. The lowest BCUT2D eigenvalue weighted by atomic mass is 10.1. The first-order valence-corrected chi connectivity index (χ1v) is 9.52. The largest absolute Gasteiger partial charge is 0.496 e. The normalized spacial score (nSPS) is 16.6. The second kappa shape index (κ2) is 7.86. The number of ether oxygens (including phenoxy) is 1. The Morgan fingerprint density at radius 1 is 1.42 bits per heavy atom. The molecule has 2 amide bonds. The van der Waals surface area contributed by atoms with Crippen molar-refractivity contribution in [1.29, 1.82) is 0 Å². The van der Waals surface area contributed by atoms with Gasteiger partial charge in [-0.25, -0.2) is 0 Å². The van der Waals surface area contributed by atoms with Gasteiger partial charge in [0, 0.05) is 23.9 Å². The predicted molar refractivity (Wildman–Crippen MR) is 100 cm³/mol. The first kappa shape index (κ1) is 18.4. The number of methoxy groups -OCH3 is 1. The van der Waals surface area contributed by atoms with Gasteiger partial charge in [0.15, 0.2) is 0 Å². The van der Waals surface area contributed by atoms with Crippen molar-refractivity contribution in [2.45, 2.75) is 39.3 Å². The highest BCUT2D eigenvalue weighted by Crippen LogP contribution is 2.25. The van der Waals surface area contributed by atoms with Crippen LogP contribution in [0.5, 0.6) is 5.75 Å². The van der Waals surface area contributed by atoms with Crippen LogP contribution in [0, 0.1) is 13.8 Å². The van der Waals surface area contributed by atoms with Crippen LogP contribution in [0.3, 0.4) is 0 Å². The number of thiophene rings is 1. The van der Waals surface area contributed by atoms with E-state index in [1.807, 2.05) is 25.3 Å². The van der Waals surface area contributed by atoms with E-state index in [1.54, 1.807) is 24.3 Å². The fraction of sp³-hybridized carbons (Fsp3) is 0.421. The summed E-state index contributed by atoms with van der Waals surface area (Å²) in [6, 6.07) is 3.23. The zero-order valence-corrected chi connectivity index (χ0v) is 16.1. The number of pyridine rings is 1. The number of nitrogens with one attached hydrogen (secondary N) is 1. The van der Waals surface area contributed by atoms with Crippen LogP contribution in [0.25, 0.3) is 0 Å². The number of hydrogen-bond acceptors (Lipinski definition) is 5. The van der Waals surface area contributed by atoms with Crippen LogP contribution in [0.15, 0.2) is 23.7 Å². The minimum absolute atomic E-state index is 0.0658. The smallest absolute Gasteiger partial charge is 0.264 e. The monoisotopic (exact) mass is 373 g/mol. The van der Waals surface area contributed by atoms with Crippen molar-refractivity contribution in [3.05, 3.63) is 45.4 Å². The highest BCUT2D eigenvalue weighted by atomic mass is 32.1. The zero-order chi connectivity index (χ0) is 18.7. The van der Waals surface area contributed by atoms with Crippen LogP contribution in [0.4, 0.5) is 0 Å². The Labute approximate surface area is 157 Å². The molecule has 1 aliphatic rings. The number of carbonyl (C=O) groups excluding carboxylic acids is 2.